The Bertz CT molecular complexity index is 508. The molecule has 2 aliphatic rings. The van der Waals surface area contributed by atoms with Crippen molar-refractivity contribution in [2.75, 3.05) is 18.8 Å². The van der Waals surface area contributed by atoms with Gasteiger partial charge < -0.3 is 15.0 Å². The average Bonchev–Trinajstić information content (AvgIpc) is 2.57. The maximum absolute atomic E-state index is 11.9. The second kappa shape index (κ2) is 4.36. The van der Waals surface area contributed by atoms with Crippen molar-refractivity contribution in [1.82, 2.24) is 10.2 Å². The van der Waals surface area contributed by atoms with Gasteiger partial charge >= 0.3 is 6.09 Å². The van der Waals surface area contributed by atoms with E-state index in [1.165, 1.54) is 4.90 Å². The number of nitrogens with one attached hydrogen (secondary N) is 1. The summed E-state index contributed by atoms with van der Waals surface area (Å²) in [5, 5.41) is 1.89. The first-order chi connectivity index (χ1) is 8.58. The van der Waals surface area contributed by atoms with Crippen molar-refractivity contribution in [2.24, 2.45) is 0 Å². The number of fused-ring (bicyclic) bond motifs is 1. The second-order valence-electron chi connectivity index (χ2n) is 5.90. The normalized spacial score (nSPS) is 29.6. The number of likely N-dealkylation sites (tertiary alicyclic amines) is 1. The number of rotatable bonds is 0. The highest BCUT2D eigenvalue weighted by molar-refractivity contribution is 7.92. The van der Waals surface area contributed by atoms with Gasteiger partial charge in [-0.15, -0.1) is 0 Å². The van der Waals surface area contributed by atoms with E-state index < -0.39 is 44.5 Å². The summed E-state index contributed by atoms with van der Waals surface area (Å²) in [6.45, 7) is 5.47. The molecule has 2 rings (SSSR count). The van der Waals surface area contributed by atoms with E-state index in [4.69, 9.17) is 4.74 Å². The molecule has 2 saturated heterocycles. The van der Waals surface area contributed by atoms with Crippen LogP contribution in [0.4, 0.5) is 4.79 Å². The van der Waals surface area contributed by atoms with Gasteiger partial charge in [0.1, 0.15) is 16.6 Å². The van der Waals surface area contributed by atoms with E-state index in [1.54, 1.807) is 20.8 Å². The van der Waals surface area contributed by atoms with Crippen molar-refractivity contribution in [3.8, 4) is 0 Å². The van der Waals surface area contributed by atoms with Gasteiger partial charge in [0.05, 0.1) is 6.04 Å². The van der Waals surface area contributed by atoms with E-state index in [1.807, 2.05) is 0 Å². The molecule has 108 valence electrons. The minimum Gasteiger partial charge on any atom is -0.444 e. The fraction of sp³-hybridized carbons (Fsp3) is 0.818. The molecule has 1 N–H and O–H groups in total. The van der Waals surface area contributed by atoms with Crippen LogP contribution in [0, 0.1) is 0 Å². The van der Waals surface area contributed by atoms with Gasteiger partial charge in [-0.05, 0) is 20.8 Å². The van der Waals surface area contributed by atoms with E-state index in [-0.39, 0.29) is 13.1 Å². The van der Waals surface area contributed by atoms with Crippen LogP contribution < -0.4 is 5.32 Å². The molecule has 7 nitrogen and oxygen atoms in total. The monoisotopic (exact) mass is 290 g/mol. The highest BCUT2D eigenvalue weighted by Crippen LogP contribution is 2.23. The van der Waals surface area contributed by atoms with Gasteiger partial charge in [-0.1, -0.05) is 0 Å². The predicted octanol–water partition coefficient (Wildman–Crippen LogP) is -0.481. The number of nitrogens with zero attached hydrogens (tertiary/aromatic N) is 1. The molecule has 2 atom stereocenters. The molecule has 2 amide bonds. The summed E-state index contributed by atoms with van der Waals surface area (Å²) in [6, 6.07) is -0.529. The zero-order valence-electron chi connectivity index (χ0n) is 11.2. The van der Waals surface area contributed by atoms with Crippen molar-refractivity contribution in [3.05, 3.63) is 0 Å². The average molecular weight is 290 g/mol. The summed E-state index contributed by atoms with van der Waals surface area (Å²) in [6.07, 6.45) is -0.550. The lowest BCUT2D eigenvalue weighted by atomic mass is 10.2. The summed E-state index contributed by atoms with van der Waals surface area (Å²) in [5.41, 5.74) is -0.632. The lowest BCUT2D eigenvalue weighted by Gasteiger charge is -2.24. The van der Waals surface area contributed by atoms with Crippen LogP contribution in [-0.4, -0.2) is 61.1 Å². The first-order valence-electron chi connectivity index (χ1n) is 6.07. The van der Waals surface area contributed by atoms with Crippen LogP contribution in [-0.2, 0) is 19.4 Å². The zero-order chi connectivity index (χ0) is 14.4. The van der Waals surface area contributed by atoms with Crippen LogP contribution in [0.25, 0.3) is 0 Å². The summed E-state index contributed by atoms with van der Waals surface area (Å²) in [7, 11) is -3.48. The molecular formula is C11H18N2O5S. The van der Waals surface area contributed by atoms with Crippen LogP contribution in [0.1, 0.15) is 20.8 Å². The minimum absolute atomic E-state index is 0.0716. The predicted molar refractivity (Wildman–Crippen MR) is 67.3 cm³/mol. The lowest BCUT2D eigenvalue weighted by molar-refractivity contribution is -0.119. The molecule has 0 spiro atoms. The molecule has 0 aromatic carbocycles. The zero-order valence-corrected chi connectivity index (χ0v) is 12.0. The van der Waals surface area contributed by atoms with Gasteiger partial charge in [0.2, 0.25) is 5.91 Å². The fourth-order valence-corrected chi connectivity index (χ4v) is 4.01. The van der Waals surface area contributed by atoms with Crippen LogP contribution in [0.2, 0.25) is 0 Å². The second-order valence-corrected chi connectivity index (χ2v) is 8.12. The van der Waals surface area contributed by atoms with Crippen molar-refractivity contribution in [3.63, 3.8) is 0 Å². The van der Waals surface area contributed by atoms with E-state index in [2.05, 4.69) is 5.32 Å². The van der Waals surface area contributed by atoms with Crippen molar-refractivity contribution in [1.29, 1.82) is 0 Å². The summed E-state index contributed by atoms with van der Waals surface area (Å²) in [5.74, 6) is -1.01. The smallest absolute Gasteiger partial charge is 0.410 e. The number of ether oxygens (including phenoxy) is 1. The Hall–Kier alpha value is -1.31. The number of amides is 2. The standard InChI is InChI=1S/C11H18N2O5S/c1-11(2,3)18-10(15)13-4-7-8(5-13)19(16,17)6-9(14)12-7/h7-8H,4-6H2,1-3H3,(H,12,14)/t7-,8-/m1/s1. The number of sulfone groups is 1. The fourth-order valence-electron chi connectivity index (χ4n) is 2.29. The molecule has 2 aliphatic heterocycles. The van der Waals surface area contributed by atoms with Gasteiger partial charge in [-0.3, -0.25) is 4.79 Å². The van der Waals surface area contributed by atoms with Gasteiger partial charge in [-0.25, -0.2) is 13.2 Å². The minimum atomic E-state index is -3.48. The molecule has 0 aromatic heterocycles. The largest absolute Gasteiger partial charge is 0.444 e. The quantitative estimate of drug-likeness (QED) is 0.650. The van der Waals surface area contributed by atoms with E-state index in [0.29, 0.717) is 0 Å². The number of hydrogen-bond acceptors (Lipinski definition) is 5. The first-order valence-corrected chi connectivity index (χ1v) is 7.79. The van der Waals surface area contributed by atoms with Gasteiger partial charge in [-0.2, -0.15) is 0 Å². The molecular weight excluding hydrogens is 272 g/mol. The molecule has 8 heteroatoms. The van der Waals surface area contributed by atoms with Gasteiger partial charge in [0, 0.05) is 13.1 Å². The number of carbonyl (C=O) groups is 2. The third-order valence-corrected chi connectivity index (χ3v) is 5.12. The highest BCUT2D eigenvalue weighted by atomic mass is 32.2. The molecule has 0 radical (unpaired) electrons. The topological polar surface area (TPSA) is 92.8 Å². The Balaban J connectivity index is 2.11. The number of hydrogen-bond donors (Lipinski definition) is 1. The molecule has 2 fully saturated rings. The Morgan fingerprint density at radius 1 is 1.37 bits per heavy atom. The highest BCUT2D eigenvalue weighted by Gasteiger charge is 2.48. The Morgan fingerprint density at radius 3 is 2.58 bits per heavy atom. The molecule has 2 heterocycles. The Kier molecular flexibility index (Phi) is 3.24. The molecule has 0 aliphatic carbocycles. The Labute approximate surface area is 112 Å². The molecule has 0 unspecified atom stereocenters. The molecule has 0 bridgehead atoms. The summed E-state index contributed by atoms with van der Waals surface area (Å²) in [4.78, 5) is 24.5. The first kappa shape index (κ1) is 14.1. The molecule has 0 aromatic rings. The van der Waals surface area contributed by atoms with Crippen molar-refractivity contribution in [2.45, 2.75) is 37.7 Å². The van der Waals surface area contributed by atoms with Gasteiger partial charge in [0.15, 0.2) is 9.84 Å². The van der Waals surface area contributed by atoms with Crippen LogP contribution in [0.15, 0.2) is 0 Å². The van der Waals surface area contributed by atoms with Crippen molar-refractivity contribution < 1.29 is 22.7 Å². The summed E-state index contributed by atoms with van der Waals surface area (Å²) >= 11 is 0. The SMILES string of the molecule is CC(C)(C)OC(=O)N1C[C@@H]2[C@@H](C1)NC(=O)CS2(=O)=O. The number of carbonyl (C=O) groups excluding carboxylic acids is 2. The third kappa shape index (κ3) is 2.99. The van der Waals surface area contributed by atoms with E-state index in [9.17, 15) is 18.0 Å². The van der Waals surface area contributed by atoms with Gasteiger partial charge in [0.25, 0.3) is 0 Å². The van der Waals surface area contributed by atoms with Crippen LogP contribution >= 0.6 is 0 Å². The van der Waals surface area contributed by atoms with Crippen molar-refractivity contribution >= 4 is 21.8 Å². The molecule has 19 heavy (non-hydrogen) atoms. The molecule has 0 saturated carbocycles. The maximum Gasteiger partial charge on any atom is 0.410 e. The summed E-state index contributed by atoms with van der Waals surface area (Å²) < 4.78 is 29.0. The third-order valence-electron chi connectivity index (χ3n) is 3.06. The maximum atomic E-state index is 11.9. The van der Waals surface area contributed by atoms with E-state index >= 15 is 0 Å². The Morgan fingerprint density at radius 2 is 2.00 bits per heavy atom. The van der Waals surface area contributed by atoms with Crippen LogP contribution in [0.5, 0.6) is 0 Å². The van der Waals surface area contributed by atoms with E-state index in [0.717, 1.165) is 0 Å². The lowest BCUT2D eigenvalue weighted by Crippen LogP contribution is -2.54. The van der Waals surface area contributed by atoms with Crippen LogP contribution in [0.3, 0.4) is 0 Å².